The summed E-state index contributed by atoms with van der Waals surface area (Å²) in [5.41, 5.74) is -0.730. The summed E-state index contributed by atoms with van der Waals surface area (Å²) in [5.74, 6) is 0.722. The van der Waals surface area contributed by atoms with Crippen LogP contribution in [-0.4, -0.2) is 36.5 Å². The first kappa shape index (κ1) is 14.8. The lowest BCUT2D eigenvalue weighted by Crippen LogP contribution is -2.40. The quantitative estimate of drug-likeness (QED) is 0.569. The minimum Gasteiger partial charge on any atom is -0.466 e. The van der Waals surface area contributed by atoms with E-state index >= 15 is 0 Å². The second kappa shape index (κ2) is 6.71. The third-order valence-electron chi connectivity index (χ3n) is 4.27. The van der Waals surface area contributed by atoms with Gasteiger partial charge in [0.2, 0.25) is 0 Å². The van der Waals surface area contributed by atoms with Gasteiger partial charge in [-0.3, -0.25) is 4.79 Å². The van der Waals surface area contributed by atoms with Gasteiger partial charge in [-0.05, 0) is 44.9 Å². The summed E-state index contributed by atoms with van der Waals surface area (Å²) in [5, 5.41) is 10.4. The van der Waals surface area contributed by atoms with Gasteiger partial charge < -0.3 is 14.6 Å². The molecule has 4 heteroatoms. The molecule has 2 aliphatic carbocycles. The van der Waals surface area contributed by atoms with Gasteiger partial charge in [0.25, 0.3) is 0 Å². The summed E-state index contributed by atoms with van der Waals surface area (Å²) in [7, 11) is 0. The first-order valence-corrected chi connectivity index (χ1v) is 7.60. The van der Waals surface area contributed by atoms with E-state index in [4.69, 9.17) is 9.47 Å². The average molecular weight is 270 g/mol. The summed E-state index contributed by atoms with van der Waals surface area (Å²) in [4.78, 5) is 11.6. The number of carbonyl (C=O) groups excluding carboxylic acids is 1. The number of hydrogen-bond donors (Lipinski definition) is 1. The molecule has 2 fully saturated rings. The Hall–Kier alpha value is -0.610. The summed E-state index contributed by atoms with van der Waals surface area (Å²) in [6, 6.07) is 0. The van der Waals surface area contributed by atoms with Crippen LogP contribution in [0.15, 0.2) is 0 Å². The average Bonchev–Trinajstić information content (AvgIpc) is 3.20. The van der Waals surface area contributed by atoms with Crippen LogP contribution in [0.2, 0.25) is 0 Å². The van der Waals surface area contributed by atoms with Gasteiger partial charge in [0.05, 0.1) is 24.7 Å². The van der Waals surface area contributed by atoms with Crippen molar-refractivity contribution in [2.24, 2.45) is 11.8 Å². The van der Waals surface area contributed by atoms with Crippen LogP contribution in [0.4, 0.5) is 0 Å². The molecule has 110 valence electrons. The van der Waals surface area contributed by atoms with Gasteiger partial charge in [0.15, 0.2) is 0 Å². The minimum absolute atomic E-state index is 0.0355. The van der Waals surface area contributed by atoms with Crippen LogP contribution in [0.25, 0.3) is 0 Å². The fourth-order valence-electron chi connectivity index (χ4n) is 2.71. The van der Waals surface area contributed by atoms with Crippen molar-refractivity contribution >= 4 is 5.97 Å². The molecule has 19 heavy (non-hydrogen) atoms. The monoisotopic (exact) mass is 270 g/mol. The van der Waals surface area contributed by atoms with Gasteiger partial charge in [-0.25, -0.2) is 0 Å². The predicted octanol–water partition coefficient (Wildman–Crippen LogP) is 2.29. The molecule has 0 atom stereocenters. The van der Waals surface area contributed by atoms with E-state index in [0.717, 1.165) is 18.9 Å². The highest BCUT2D eigenvalue weighted by Gasteiger charge is 2.36. The molecule has 0 aromatic carbocycles. The van der Waals surface area contributed by atoms with Crippen LogP contribution in [-0.2, 0) is 14.3 Å². The molecule has 0 unspecified atom stereocenters. The van der Waals surface area contributed by atoms with Crippen LogP contribution < -0.4 is 0 Å². The summed E-state index contributed by atoms with van der Waals surface area (Å²) in [6.07, 6.45) is 6.51. The fraction of sp³-hybridized carbons (Fsp3) is 0.933. The Bertz CT molecular complexity index is 291. The lowest BCUT2D eigenvalue weighted by Gasteiger charge is -2.34. The van der Waals surface area contributed by atoms with E-state index in [0.29, 0.717) is 38.9 Å². The number of ether oxygens (including phenoxy) is 2. The van der Waals surface area contributed by atoms with Gasteiger partial charge in [-0.15, -0.1) is 0 Å². The number of carbonyl (C=O) groups is 1. The lowest BCUT2D eigenvalue weighted by atomic mass is 9.79. The zero-order chi connectivity index (χ0) is 13.7. The zero-order valence-electron chi connectivity index (χ0n) is 11.9. The third kappa shape index (κ3) is 4.77. The Balaban J connectivity index is 1.63. The van der Waals surface area contributed by atoms with Gasteiger partial charge >= 0.3 is 5.97 Å². The number of rotatable bonds is 7. The topological polar surface area (TPSA) is 55.8 Å². The standard InChI is InChI=1S/C15H26O4/c1-2-19-14(16)13-5-8-15(17,9-6-13)11-18-10-7-12-3-4-12/h12-13,17H,2-11H2,1H3. The predicted molar refractivity (Wildman–Crippen MR) is 71.7 cm³/mol. The van der Waals surface area contributed by atoms with Gasteiger partial charge in [-0.2, -0.15) is 0 Å². The smallest absolute Gasteiger partial charge is 0.308 e. The largest absolute Gasteiger partial charge is 0.466 e. The Morgan fingerprint density at radius 2 is 1.95 bits per heavy atom. The maximum Gasteiger partial charge on any atom is 0.308 e. The molecule has 2 saturated carbocycles. The van der Waals surface area contributed by atoms with Crippen LogP contribution in [0.5, 0.6) is 0 Å². The van der Waals surface area contributed by atoms with E-state index in [1.807, 2.05) is 6.92 Å². The van der Waals surface area contributed by atoms with Crippen LogP contribution in [0, 0.1) is 11.8 Å². The van der Waals surface area contributed by atoms with Crippen molar-refractivity contribution in [1.82, 2.24) is 0 Å². The second-order valence-corrected chi connectivity index (χ2v) is 6.04. The van der Waals surface area contributed by atoms with Crippen LogP contribution in [0.1, 0.15) is 51.9 Å². The van der Waals surface area contributed by atoms with Crippen molar-refractivity contribution in [3.63, 3.8) is 0 Å². The molecule has 0 saturated heterocycles. The minimum atomic E-state index is -0.730. The molecule has 0 aliphatic heterocycles. The zero-order valence-corrected chi connectivity index (χ0v) is 11.9. The van der Waals surface area contributed by atoms with Crippen molar-refractivity contribution in [2.75, 3.05) is 19.8 Å². The van der Waals surface area contributed by atoms with Gasteiger partial charge in [-0.1, -0.05) is 12.8 Å². The molecule has 0 spiro atoms. The van der Waals surface area contributed by atoms with Crippen molar-refractivity contribution < 1.29 is 19.4 Å². The second-order valence-electron chi connectivity index (χ2n) is 6.04. The molecule has 0 aromatic rings. The van der Waals surface area contributed by atoms with Crippen LogP contribution >= 0.6 is 0 Å². The van der Waals surface area contributed by atoms with E-state index in [1.54, 1.807) is 0 Å². The van der Waals surface area contributed by atoms with Gasteiger partial charge in [0.1, 0.15) is 0 Å². The highest BCUT2D eigenvalue weighted by atomic mass is 16.5. The van der Waals surface area contributed by atoms with Crippen LogP contribution in [0.3, 0.4) is 0 Å². The van der Waals surface area contributed by atoms with Crippen molar-refractivity contribution in [3.05, 3.63) is 0 Å². The Morgan fingerprint density at radius 3 is 2.53 bits per heavy atom. The summed E-state index contributed by atoms with van der Waals surface area (Å²) in [6.45, 7) is 3.43. The number of hydrogen-bond acceptors (Lipinski definition) is 4. The maximum absolute atomic E-state index is 11.6. The molecule has 2 aliphatic rings. The normalized spacial score (nSPS) is 31.2. The van der Waals surface area contributed by atoms with E-state index in [9.17, 15) is 9.90 Å². The first-order valence-electron chi connectivity index (χ1n) is 7.60. The Labute approximate surface area is 115 Å². The van der Waals surface area contributed by atoms with Gasteiger partial charge in [0, 0.05) is 6.61 Å². The first-order chi connectivity index (χ1) is 9.13. The molecule has 1 N–H and O–H groups in total. The molecule has 0 radical (unpaired) electrons. The Morgan fingerprint density at radius 1 is 1.26 bits per heavy atom. The molecule has 2 rings (SSSR count). The SMILES string of the molecule is CCOC(=O)C1CCC(O)(COCCC2CC2)CC1. The molecule has 0 bridgehead atoms. The fourth-order valence-corrected chi connectivity index (χ4v) is 2.71. The number of esters is 1. The molecular weight excluding hydrogens is 244 g/mol. The molecule has 0 amide bonds. The number of aliphatic hydroxyl groups is 1. The van der Waals surface area contributed by atoms with E-state index in [2.05, 4.69) is 0 Å². The van der Waals surface area contributed by atoms with E-state index in [-0.39, 0.29) is 11.9 Å². The molecular formula is C15H26O4. The summed E-state index contributed by atoms with van der Waals surface area (Å²) >= 11 is 0. The highest BCUT2D eigenvalue weighted by Crippen LogP contribution is 2.34. The molecule has 0 aromatic heterocycles. The highest BCUT2D eigenvalue weighted by molar-refractivity contribution is 5.72. The van der Waals surface area contributed by atoms with Crippen molar-refractivity contribution in [3.8, 4) is 0 Å². The van der Waals surface area contributed by atoms with E-state index < -0.39 is 5.60 Å². The molecule has 4 nitrogen and oxygen atoms in total. The van der Waals surface area contributed by atoms with Crippen molar-refractivity contribution in [2.45, 2.75) is 57.5 Å². The van der Waals surface area contributed by atoms with Crippen molar-refractivity contribution in [1.29, 1.82) is 0 Å². The maximum atomic E-state index is 11.6. The summed E-state index contributed by atoms with van der Waals surface area (Å²) < 4.78 is 10.6. The van der Waals surface area contributed by atoms with E-state index in [1.165, 1.54) is 12.8 Å². The molecule has 0 heterocycles. The Kier molecular flexibility index (Phi) is 5.22. The lowest BCUT2D eigenvalue weighted by molar-refractivity contribution is -0.152. The third-order valence-corrected chi connectivity index (χ3v) is 4.27.